The Morgan fingerprint density at radius 3 is 0.952 bits per heavy atom. The molecular weight excluding hydrogens is 769 g/mol. The zero-order valence-corrected chi connectivity index (χ0v) is 37.6. The Morgan fingerprint density at radius 2 is 0.629 bits per heavy atom. The molecule has 0 amide bonds. The third-order valence-electron chi connectivity index (χ3n) is 11.4. The van der Waals surface area contributed by atoms with Gasteiger partial charge in [-0.05, 0) is 95.8 Å². The minimum absolute atomic E-state index is 0.282. The van der Waals surface area contributed by atoms with Crippen LogP contribution in [0.5, 0.6) is 23.0 Å². The third kappa shape index (κ3) is 17.6. The molecule has 5 rings (SSSR count). The Kier molecular flexibility index (Phi) is 21.8. The van der Waals surface area contributed by atoms with E-state index in [9.17, 15) is 9.59 Å². The SMILES string of the molecule is CCCCCCCCCCCCOc1ccc(-c2ccc(C(=O)Oc3cccc(OC(=O)c4ccc(-c5ccc(OCCCCCCCCCCCC)cc5)cc4)c3)cc2)cc1. The van der Waals surface area contributed by atoms with Crippen molar-refractivity contribution >= 4 is 11.9 Å². The van der Waals surface area contributed by atoms with Crippen LogP contribution in [0, 0.1) is 0 Å². The number of ether oxygens (including phenoxy) is 4. The summed E-state index contributed by atoms with van der Waals surface area (Å²) in [5.74, 6) is 1.30. The molecule has 0 aliphatic rings. The van der Waals surface area contributed by atoms with E-state index in [0.29, 0.717) is 11.1 Å². The number of rotatable bonds is 30. The van der Waals surface area contributed by atoms with Crippen molar-refractivity contribution in [3.63, 3.8) is 0 Å². The Morgan fingerprint density at radius 1 is 0.339 bits per heavy atom. The van der Waals surface area contributed by atoms with Gasteiger partial charge in [-0.15, -0.1) is 0 Å². The van der Waals surface area contributed by atoms with E-state index in [1.165, 1.54) is 116 Å². The van der Waals surface area contributed by atoms with E-state index in [2.05, 4.69) is 13.8 Å². The molecule has 0 N–H and O–H groups in total. The predicted molar refractivity (Wildman–Crippen MR) is 255 cm³/mol. The molecule has 0 aromatic heterocycles. The number of unbranched alkanes of at least 4 members (excludes halogenated alkanes) is 18. The molecule has 0 atom stereocenters. The molecule has 0 fully saturated rings. The highest BCUT2D eigenvalue weighted by atomic mass is 16.5. The van der Waals surface area contributed by atoms with Crippen LogP contribution in [0.25, 0.3) is 22.3 Å². The highest BCUT2D eigenvalue weighted by molar-refractivity contribution is 5.93. The molecule has 0 bridgehead atoms. The maximum Gasteiger partial charge on any atom is 0.343 e. The van der Waals surface area contributed by atoms with Crippen molar-refractivity contribution < 1.29 is 28.5 Å². The van der Waals surface area contributed by atoms with E-state index in [-0.39, 0.29) is 11.5 Å². The second-order valence-electron chi connectivity index (χ2n) is 16.5. The van der Waals surface area contributed by atoms with E-state index in [1.54, 1.807) is 48.5 Å². The second kappa shape index (κ2) is 28.3. The number of esters is 2. The van der Waals surface area contributed by atoms with Crippen molar-refractivity contribution in [2.75, 3.05) is 13.2 Å². The van der Waals surface area contributed by atoms with Crippen LogP contribution in [-0.2, 0) is 0 Å². The molecule has 0 saturated carbocycles. The average molecular weight is 839 g/mol. The van der Waals surface area contributed by atoms with Crippen molar-refractivity contribution in [3.8, 4) is 45.3 Å². The molecule has 0 aliphatic heterocycles. The number of hydrogen-bond acceptors (Lipinski definition) is 6. The lowest BCUT2D eigenvalue weighted by atomic mass is 10.0. The number of carbonyl (C=O) groups is 2. The minimum Gasteiger partial charge on any atom is -0.494 e. The van der Waals surface area contributed by atoms with Gasteiger partial charge in [-0.25, -0.2) is 9.59 Å². The number of hydrogen-bond donors (Lipinski definition) is 0. The van der Waals surface area contributed by atoms with Crippen molar-refractivity contribution in [1.82, 2.24) is 0 Å². The van der Waals surface area contributed by atoms with Gasteiger partial charge in [0.1, 0.15) is 23.0 Å². The normalized spacial score (nSPS) is 11.0. The molecule has 5 aromatic carbocycles. The quantitative estimate of drug-likeness (QED) is 0.0261. The lowest BCUT2D eigenvalue weighted by Gasteiger charge is -2.10. The average Bonchev–Trinajstić information content (AvgIpc) is 3.30. The molecule has 6 nitrogen and oxygen atoms in total. The molecule has 0 unspecified atom stereocenters. The molecule has 0 heterocycles. The lowest BCUT2D eigenvalue weighted by molar-refractivity contribution is 0.0733. The van der Waals surface area contributed by atoms with E-state index in [0.717, 1.165) is 59.8 Å². The summed E-state index contributed by atoms with van der Waals surface area (Å²) in [6, 6.07) is 37.3. The van der Waals surface area contributed by atoms with Crippen molar-refractivity contribution in [1.29, 1.82) is 0 Å². The van der Waals surface area contributed by atoms with E-state index < -0.39 is 11.9 Å². The van der Waals surface area contributed by atoms with E-state index >= 15 is 0 Å². The smallest absolute Gasteiger partial charge is 0.343 e. The van der Waals surface area contributed by atoms with Crippen molar-refractivity contribution in [2.24, 2.45) is 0 Å². The first-order valence-corrected chi connectivity index (χ1v) is 23.7. The first-order chi connectivity index (χ1) is 30.5. The van der Waals surface area contributed by atoms with Crippen molar-refractivity contribution in [3.05, 3.63) is 132 Å². The topological polar surface area (TPSA) is 71.1 Å². The summed E-state index contributed by atoms with van der Waals surface area (Å²) in [6.45, 7) is 6.00. The molecule has 0 aliphatic carbocycles. The minimum atomic E-state index is -0.500. The second-order valence-corrected chi connectivity index (χ2v) is 16.5. The van der Waals surface area contributed by atoms with Crippen LogP contribution >= 0.6 is 0 Å². The molecule has 5 aromatic rings. The van der Waals surface area contributed by atoms with E-state index in [1.807, 2.05) is 72.8 Å². The fourth-order valence-electron chi connectivity index (χ4n) is 7.58. The maximum absolute atomic E-state index is 13.1. The summed E-state index contributed by atoms with van der Waals surface area (Å²) >= 11 is 0. The van der Waals surface area contributed by atoms with Gasteiger partial charge in [0.2, 0.25) is 0 Å². The monoisotopic (exact) mass is 839 g/mol. The van der Waals surface area contributed by atoms with Crippen LogP contribution < -0.4 is 18.9 Å². The number of carbonyl (C=O) groups excluding carboxylic acids is 2. The third-order valence-corrected chi connectivity index (χ3v) is 11.4. The highest BCUT2D eigenvalue weighted by Gasteiger charge is 2.13. The van der Waals surface area contributed by atoms with Crippen LogP contribution in [0.4, 0.5) is 0 Å². The fourth-order valence-corrected chi connectivity index (χ4v) is 7.58. The Balaban J connectivity index is 0.991. The largest absolute Gasteiger partial charge is 0.494 e. The molecule has 0 radical (unpaired) electrons. The Bertz CT molecular complexity index is 1840. The first kappa shape index (κ1) is 47.7. The van der Waals surface area contributed by atoms with Crippen LogP contribution in [0.3, 0.4) is 0 Å². The van der Waals surface area contributed by atoms with Gasteiger partial charge in [-0.1, -0.05) is 184 Å². The molecule has 330 valence electrons. The van der Waals surface area contributed by atoms with Gasteiger partial charge in [0.25, 0.3) is 0 Å². The molecule has 0 saturated heterocycles. The standard InChI is InChI=1S/C56H70O6/c1-3-5-7-9-11-13-15-17-19-21-42-59-51-38-34-47(35-39-51)45-26-30-49(31-27-45)55(57)61-53-24-23-25-54(44-53)62-56(58)50-32-28-46(29-33-50)48-36-40-52(41-37-48)60-43-22-20-18-16-14-12-10-8-6-4-2/h23-41,44H,3-22,42-43H2,1-2H3. The van der Waals surface area contributed by atoms with E-state index in [4.69, 9.17) is 18.9 Å². The summed E-state index contributed by atoms with van der Waals surface area (Å²) in [6.07, 6.45) is 26.1. The summed E-state index contributed by atoms with van der Waals surface area (Å²) in [4.78, 5) is 26.1. The lowest BCUT2D eigenvalue weighted by Crippen LogP contribution is -2.10. The summed E-state index contributed by atoms with van der Waals surface area (Å²) in [5, 5.41) is 0. The Labute approximate surface area is 372 Å². The highest BCUT2D eigenvalue weighted by Crippen LogP contribution is 2.27. The molecule has 62 heavy (non-hydrogen) atoms. The Hall–Kier alpha value is -5.36. The van der Waals surface area contributed by atoms with Crippen LogP contribution in [-0.4, -0.2) is 25.2 Å². The van der Waals surface area contributed by atoms with Crippen LogP contribution in [0.2, 0.25) is 0 Å². The van der Waals surface area contributed by atoms with Crippen LogP contribution in [0.15, 0.2) is 121 Å². The van der Waals surface area contributed by atoms with Crippen molar-refractivity contribution in [2.45, 2.75) is 142 Å². The van der Waals surface area contributed by atoms with Gasteiger partial charge in [0.15, 0.2) is 0 Å². The fraction of sp³-hybridized carbons (Fsp3) is 0.429. The van der Waals surface area contributed by atoms with Crippen LogP contribution in [0.1, 0.15) is 163 Å². The zero-order chi connectivity index (χ0) is 43.5. The van der Waals surface area contributed by atoms with Gasteiger partial charge < -0.3 is 18.9 Å². The summed E-state index contributed by atoms with van der Waals surface area (Å²) in [7, 11) is 0. The predicted octanol–water partition coefficient (Wildman–Crippen LogP) is 16.1. The van der Waals surface area contributed by atoms with Gasteiger partial charge in [0.05, 0.1) is 24.3 Å². The van der Waals surface area contributed by atoms with Gasteiger partial charge in [0, 0.05) is 6.07 Å². The van der Waals surface area contributed by atoms with Gasteiger partial charge in [-0.2, -0.15) is 0 Å². The molecule has 6 heteroatoms. The maximum atomic E-state index is 13.1. The molecule has 0 spiro atoms. The summed E-state index contributed by atoms with van der Waals surface area (Å²) in [5.41, 5.74) is 4.88. The first-order valence-electron chi connectivity index (χ1n) is 23.7. The van der Waals surface area contributed by atoms with Gasteiger partial charge >= 0.3 is 11.9 Å². The number of benzene rings is 5. The van der Waals surface area contributed by atoms with Gasteiger partial charge in [-0.3, -0.25) is 0 Å². The summed E-state index contributed by atoms with van der Waals surface area (Å²) < 4.78 is 23.3. The molecular formula is C56H70O6. The zero-order valence-electron chi connectivity index (χ0n) is 37.6.